The molecule has 5 nitrogen and oxygen atoms in total. The van der Waals surface area contributed by atoms with Crippen LogP contribution in [0.2, 0.25) is 0 Å². The van der Waals surface area contributed by atoms with Gasteiger partial charge in [0.2, 0.25) is 0 Å². The van der Waals surface area contributed by atoms with Crippen molar-refractivity contribution in [2.24, 2.45) is 29.1 Å². The highest BCUT2D eigenvalue weighted by Gasteiger charge is 2.84. The first-order chi connectivity index (χ1) is 14.3. The molecule has 8 unspecified atom stereocenters. The normalized spacial score (nSPS) is 48.8. The molecule has 172 valence electrons. The Morgan fingerprint density at radius 3 is 2.73 bits per heavy atom. The molecule has 2 heterocycles. The van der Waals surface area contributed by atoms with Gasteiger partial charge < -0.3 is 23.7 Å². The van der Waals surface area contributed by atoms with E-state index in [1.807, 2.05) is 6.26 Å². The van der Waals surface area contributed by atoms with Gasteiger partial charge in [0.25, 0.3) is 0 Å². The predicted octanol–water partition coefficient (Wildman–Crippen LogP) is 4.85. The zero-order valence-corrected chi connectivity index (χ0v) is 20.6. The molecule has 2 saturated carbocycles. The molecule has 0 radical (unpaired) electrons. The van der Waals surface area contributed by atoms with Gasteiger partial charge in [-0.3, -0.25) is 0 Å². The van der Waals surface area contributed by atoms with E-state index in [2.05, 4.69) is 40.9 Å². The van der Waals surface area contributed by atoms with Crippen molar-refractivity contribution in [2.45, 2.75) is 77.3 Å². The third-order valence-corrected chi connectivity index (χ3v) is 9.11. The third kappa shape index (κ3) is 3.12. The second-order valence-electron chi connectivity index (χ2n) is 10.5. The minimum absolute atomic E-state index is 0.0162. The summed E-state index contributed by atoms with van der Waals surface area (Å²) in [5, 5.41) is 0. The summed E-state index contributed by atoms with van der Waals surface area (Å²) < 4.78 is 30.9. The van der Waals surface area contributed by atoms with E-state index in [1.54, 1.807) is 18.9 Å². The van der Waals surface area contributed by atoms with Gasteiger partial charge >= 0.3 is 0 Å². The monoisotopic (exact) mass is 440 g/mol. The van der Waals surface area contributed by atoms with Gasteiger partial charge in [0, 0.05) is 18.4 Å². The van der Waals surface area contributed by atoms with Crippen molar-refractivity contribution >= 4 is 11.8 Å². The van der Waals surface area contributed by atoms with Crippen molar-refractivity contribution in [3.8, 4) is 0 Å². The van der Waals surface area contributed by atoms with Crippen LogP contribution in [0.1, 0.15) is 53.9 Å². The fraction of sp³-hybridized carbons (Fsp3) is 0.917. The van der Waals surface area contributed by atoms with Gasteiger partial charge in [0.1, 0.15) is 11.2 Å². The zero-order valence-electron chi connectivity index (χ0n) is 19.7. The number of rotatable bonds is 7. The maximum Gasteiger partial charge on any atom is 0.187 e. The number of hydrogen-bond acceptors (Lipinski definition) is 6. The van der Waals surface area contributed by atoms with Crippen LogP contribution in [0.4, 0.5) is 0 Å². The smallest absolute Gasteiger partial charge is 0.187 e. The van der Waals surface area contributed by atoms with E-state index in [4.69, 9.17) is 23.7 Å². The standard InChI is InChI=1S/C24H40O5S/c1-15(2)17-10-20-24(29-20)22(4)9-8-16(3)18(11-26-13-25-6)19(22)12-28-23(24,5)21(17)27-14-30-7/h11,15-17,19-21H,8-10,12-14H2,1-7H3/b18-11+. The number of thioether (sulfide) groups is 1. The lowest BCUT2D eigenvalue weighted by atomic mass is 9.48. The Morgan fingerprint density at radius 1 is 1.30 bits per heavy atom. The van der Waals surface area contributed by atoms with Crippen LogP contribution in [-0.4, -0.2) is 56.1 Å². The van der Waals surface area contributed by atoms with Gasteiger partial charge in [-0.25, -0.2) is 0 Å². The second kappa shape index (κ2) is 8.26. The molecule has 0 bridgehead atoms. The molecule has 6 heteroatoms. The minimum atomic E-state index is -0.426. The maximum atomic E-state index is 6.84. The Labute approximate surface area is 186 Å². The molecule has 8 atom stereocenters. The molecule has 2 aliphatic carbocycles. The maximum absolute atomic E-state index is 6.84. The molecule has 0 aromatic heterocycles. The van der Waals surface area contributed by atoms with E-state index in [0.717, 1.165) is 19.3 Å². The first kappa shape index (κ1) is 22.9. The highest BCUT2D eigenvalue weighted by atomic mass is 32.2. The molecule has 4 fully saturated rings. The van der Waals surface area contributed by atoms with E-state index < -0.39 is 5.60 Å². The summed E-state index contributed by atoms with van der Waals surface area (Å²) in [6.45, 7) is 12.6. The molecule has 1 spiro atoms. The molecule has 0 amide bonds. The zero-order chi connectivity index (χ0) is 21.7. The summed E-state index contributed by atoms with van der Waals surface area (Å²) in [5.74, 6) is 2.46. The third-order valence-electron chi connectivity index (χ3n) is 8.74. The fourth-order valence-electron chi connectivity index (χ4n) is 7.08. The summed E-state index contributed by atoms with van der Waals surface area (Å²) in [6, 6.07) is 0. The van der Waals surface area contributed by atoms with Crippen LogP contribution in [0.3, 0.4) is 0 Å². The molecule has 0 aromatic rings. The number of ether oxygens (including phenoxy) is 5. The van der Waals surface area contributed by atoms with Crippen LogP contribution in [-0.2, 0) is 23.7 Å². The lowest BCUT2D eigenvalue weighted by Gasteiger charge is -2.62. The van der Waals surface area contributed by atoms with Crippen LogP contribution >= 0.6 is 11.8 Å². The summed E-state index contributed by atoms with van der Waals surface area (Å²) in [6.07, 6.45) is 7.71. The molecule has 4 aliphatic rings. The van der Waals surface area contributed by atoms with Crippen LogP contribution < -0.4 is 0 Å². The summed E-state index contributed by atoms with van der Waals surface area (Å²) in [5.41, 5.74) is 0.657. The van der Waals surface area contributed by atoms with Crippen molar-refractivity contribution in [1.29, 1.82) is 0 Å². The molecule has 4 rings (SSSR count). The molecular weight excluding hydrogens is 400 g/mol. The fourth-order valence-corrected chi connectivity index (χ4v) is 7.37. The average Bonchev–Trinajstić information content (AvgIpc) is 3.45. The van der Waals surface area contributed by atoms with E-state index in [-0.39, 0.29) is 30.0 Å². The van der Waals surface area contributed by atoms with E-state index >= 15 is 0 Å². The minimum Gasteiger partial charge on any atom is -0.475 e. The molecular formula is C24H40O5S. The van der Waals surface area contributed by atoms with Crippen LogP contribution in [0.25, 0.3) is 0 Å². The van der Waals surface area contributed by atoms with Crippen molar-refractivity contribution in [3.05, 3.63) is 11.8 Å². The van der Waals surface area contributed by atoms with E-state index in [1.165, 1.54) is 5.57 Å². The van der Waals surface area contributed by atoms with E-state index in [0.29, 0.717) is 36.2 Å². The Balaban J connectivity index is 1.70. The highest BCUT2D eigenvalue weighted by molar-refractivity contribution is 7.98. The van der Waals surface area contributed by atoms with Crippen LogP contribution in [0, 0.1) is 29.1 Å². The highest BCUT2D eigenvalue weighted by Crippen LogP contribution is 2.72. The molecule has 2 aliphatic heterocycles. The number of methoxy groups -OCH3 is 1. The largest absolute Gasteiger partial charge is 0.475 e. The van der Waals surface area contributed by atoms with Crippen molar-refractivity contribution in [3.63, 3.8) is 0 Å². The Kier molecular flexibility index (Phi) is 6.30. The summed E-state index contributed by atoms with van der Waals surface area (Å²) in [4.78, 5) is 0. The first-order valence-corrected chi connectivity index (χ1v) is 12.9. The molecule has 2 saturated heterocycles. The Morgan fingerprint density at radius 2 is 2.07 bits per heavy atom. The van der Waals surface area contributed by atoms with Gasteiger partial charge in [-0.05, 0) is 55.8 Å². The number of fused-ring (bicyclic) bond motifs is 1. The SMILES string of the molecule is COCO/C=C1\C(C)CCC2(C)C1COC1(C)C(OCSC)C(C(C)C)CC3OC321. The molecule has 0 aromatic carbocycles. The quantitative estimate of drug-likeness (QED) is 0.244. The topological polar surface area (TPSA) is 49.5 Å². The van der Waals surface area contributed by atoms with Crippen molar-refractivity contribution in [1.82, 2.24) is 0 Å². The van der Waals surface area contributed by atoms with Crippen LogP contribution in [0.15, 0.2) is 11.8 Å². The predicted molar refractivity (Wildman–Crippen MR) is 119 cm³/mol. The van der Waals surface area contributed by atoms with Gasteiger partial charge in [-0.15, -0.1) is 11.8 Å². The van der Waals surface area contributed by atoms with Crippen LogP contribution in [0.5, 0.6) is 0 Å². The Hall–Kier alpha value is -0.270. The van der Waals surface area contributed by atoms with Gasteiger partial charge in [0.05, 0.1) is 31.0 Å². The summed E-state index contributed by atoms with van der Waals surface area (Å²) >= 11 is 1.74. The average molecular weight is 441 g/mol. The lowest BCUT2D eigenvalue weighted by molar-refractivity contribution is -0.265. The Bertz CT molecular complexity index is 668. The molecule has 0 N–H and O–H groups in total. The van der Waals surface area contributed by atoms with Gasteiger partial charge in [-0.2, -0.15) is 0 Å². The van der Waals surface area contributed by atoms with Crippen molar-refractivity contribution in [2.75, 3.05) is 32.7 Å². The summed E-state index contributed by atoms with van der Waals surface area (Å²) in [7, 11) is 1.66. The lowest BCUT2D eigenvalue weighted by Crippen LogP contribution is -2.72. The first-order valence-electron chi connectivity index (χ1n) is 11.5. The molecule has 30 heavy (non-hydrogen) atoms. The number of epoxide rings is 1. The number of hydrogen-bond donors (Lipinski definition) is 0. The van der Waals surface area contributed by atoms with Gasteiger partial charge in [-0.1, -0.05) is 27.7 Å². The van der Waals surface area contributed by atoms with Crippen molar-refractivity contribution < 1.29 is 23.7 Å². The second-order valence-corrected chi connectivity index (χ2v) is 11.3. The van der Waals surface area contributed by atoms with Gasteiger partial charge in [0.15, 0.2) is 6.79 Å². The van der Waals surface area contributed by atoms with E-state index in [9.17, 15) is 0 Å².